The van der Waals surface area contributed by atoms with Crippen molar-refractivity contribution >= 4 is 29.0 Å². The first-order chi connectivity index (χ1) is 15.7. The molecule has 2 aromatic rings. The highest BCUT2D eigenvalue weighted by Crippen LogP contribution is 2.48. The number of rotatable bonds is 3. The van der Waals surface area contributed by atoms with Gasteiger partial charge in [0.15, 0.2) is 0 Å². The zero-order valence-corrected chi connectivity index (χ0v) is 20.5. The van der Waals surface area contributed by atoms with Gasteiger partial charge in [-0.3, -0.25) is 14.9 Å². The molecule has 34 heavy (non-hydrogen) atoms. The van der Waals surface area contributed by atoms with Crippen LogP contribution in [0.5, 0.6) is 5.75 Å². The van der Waals surface area contributed by atoms with E-state index in [1.165, 1.54) is 23.8 Å². The number of hydrogen-bond acceptors (Lipinski definition) is 4. The van der Waals surface area contributed by atoms with E-state index in [0.717, 1.165) is 35.7 Å². The van der Waals surface area contributed by atoms with Crippen LogP contribution in [0.4, 0.5) is 18.0 Å². The third kappa shape index (κ3) is 4.73. The Morgan fingerprint density at radius 1 is 0.971 bits per heavy atom. The summed E-state index contributed by atoms with van der Waals surface area (Å²) >= 11 is 0.756. The van der Waals surface area contributed by atoms with E-state index in [-0.39, 0.29) is 27.0 Å². The molecule has 0 radical (unpaired) electrons. The molecule has 1 fully saturated rings. The lowest BCUT2D eigenvalue weighted by Gasteiger charge is -2.42. The Morgan fingerprint density at radius 3 is 2.15 bits per heavy atom. The first-order valence-electron chi connectivity index (χ1n) is 11.0. The first kappa shape index (κ1) is 24.4. The average Bonchev–Trinajstić information content (AvgIpc) is 3.02. The number of carbonyl (C=O) groups excluding carboxylic acids is 2. The van der Waals surface area contributed by atoms with Gasteiger partial charge in [-0.1, -0.05) is 39.8 Å². The highest BCUT2D eigenvalue weighted by Gasteiger charge is 2.38. The van der Waals surface area contributed by atoms with Crippen molar-refractivity contribution in [3.63, 3.8) is 0 Å². The summed E-state index contributed by atoms with van der Waals surface area (Å²) in [5, 5.41) is 1.70. The van der Waals surface area contributed by atoms with Crippen molar-refractivity contribution in [3.05, 3.63) is 57.5 Å². The number of carbonyl (C=O) groups is 2. The van der Waals surface area contributed by atoms with E-state index in [0.29, 0.717) is 11.1 Å². The van der Waals surface area contributed by atoms with Crippen LogP contribution in [0.25, 0.3) is 17.2 Å². The summed E-state index contributed by atoms with van der Waals surface area (Å²) in [5.74, 6) is -0.841. The molecule has 2 aromatic carbocycles. The number of amides is 2. The van der Waals surface area contributed by atoms with E-state index < -0.39 is 17.5 Å². The fourth-order valence-electron chi connectivity index (χ4n) is 4.65. The van der Waals surface area contributed by atoms with Gasteiger partial charge in [0.25, 0.3) is 11.1 Å². The molecule has 2 aliphatic rings. The van der Waals surface area contributed by atoms with Crippen LogP contribution in [0.1, 0.15) is 62.8 Å². The van der Waals surface area contributed by atoms with Crippen molar-refractivity contribution in [2.24, 2.45) is 0 Å². The van der Waals surface area contributed by atoms with Crippen molar-refractivity contribution < 1.29 is 27.5 Å². The van der Waals surface area contributed by atoms with Crippen LogP contribution >= 0.6 is 11.8 Å². The fourth-order valence-corrected chi connectivity index (χ4v) is 5.33. The Hall–Kier alpha value is -2.74. The van der Waals surface area contributed by atoms with Crippen LogP contribution in [-0.2, 0) is 15.6 Å². The molecule has 4 nitrogen and oxygen atoms in total. The lowest BCUT2D eigenvalue weighted by Crippen LogP contribution is -2.34. The normalized spacial score (nSPS) is 20.3. The number of ether oxygens (including phenoxy) is 1. The number of fused-ring (bicyclic) bond motifs is 1. The van der Waals surface area contributed by atoms with Crippen molar-refractivity contribution in [3.8, 4) is 16.9 Å². The molecule has 1 saturated heterocycles. The molecular weight excluding hydrogens is 463 g/mol. The maximum atomic E-state index is 13.2. The van der Waals surface area contributed by atoms with Crippen molar-refractivity contribution in [1.29, 1.82) is 0 Å². The molecule has 1 aliphatic heterocycles. The maximum absolute atomic E-state index is 13.2. The smallest absolute Gasteiger partial charge is 0.405 e. The molecule has 1 heterocycles. The number of alkyl halides is 3. The second kappa shape index (κ2) is 8.18. The summed E-state index contributed by atoms with van der Waals surface area (Å²) in [6, 6.07) is 8.33. The Kier molecular flexibility index (Phi) is 5.87. The van der Waals surface area contributed by atoms with Crippen molar-refractivity contribution in [1.82, 2.24) is 5.32 Å². The largest absolute Gasteiger partial charge is 0.573 e. The van der Waals surface area contributed by atoms with Crippen LogP contribution in [-0.4, -0.2) is 17.5 Å². The minimum absolute atomic E-state index is 0.0364. The van der Waals surface area contributed by atoms with E-state index >= 15 is 0 Å². The second-order valence-electron chi connectivity index (χ2n) is 10.1. The lowest BCUT2D eigenvalue weighted by molar-refractivity contribution is -0.274. The van der Waals surface area contributed by atoms with Crippen LogP contribution in [0.3, 0.4) is 0 Å². The predicted octanol–water partition coefficient (Wildman–Crippen LogP) is 7.23. The molecule has 0 spiro atoms. The molecule has 1 N–H and O–H groups in total. The molecule has 0 unspecified atom stereocenters. The first-order valence-corrected chi connectivity index (χ1v) is 11.8. The van der Waals surface area contributed by atoms with Crippen molar-refractivity contribution in [2.45, 2.75) is 64.7 Å². The van der Waals surface area contributed by atoms with E-state index in [1.807, 2.05) is 13.0 Å². The molecule has 180 valence electrons. The van der Waals surface area contributed by atoms with Gasteiger partial charge in [-0.2, -0.15) is 0 Å². The SMILES string of the molecule is Cc1cc2c(cc1-c1cc(/C=C3\SC(=O)NC3=O)ccc1OC(F)(F)F)C(C)(C)CCC2(C)C. The standard InChI is InChI=1S/C26H26F3NO3S/c1-14-10-18-19(25(4,5)9-8-24(18,2)3)13-16(14)17-11-15(6-7-20(17)33-26(27,28)29)12-21-22(31)30-23(32)34-21/h6-7,10-13H,8-9H2,1-5H3,(H,30,31,32)/b21-12-. The highest BCUT2D eigenvalue weighted by molar-refractivity contribution is 8.18. The van der Waals surface area contributed by atoms with Gasteiger partial charge < -0.3 is 4.74 Å². The quantitative estimate of drug-likeness (QED) is 0.462. The molecule has 2 amide bonds. The zero-order chi connectivity index (χ0) is 25.1. The molecule has 8 heteroatoms. The van der Waals surface area contributed by atoms with Gasteiger partial charge in [-0.25, -0.2) is 0 Å². The zero-order valence-electron chi connectivity index (χ0n) is 19.6. The van der Waals surface area contributed by atoms with Gasteiger partial charge in [0.05, 0.1) is 4.91 Å². The topological polar surface area (TPSA) is 55.4 Å². The molecular formula is C26H26F3NO3S. The molecule has 0 saturated carbocycles. The summed E-state index contributed by atoms with van der Waals surface area (Å²) in [5.41, 5.74) is 4.41. The van der Waals surface area contributed by atoms with Gasteiger partial charge in [0, 0.05) is 5.56 Å². The van der Waals surface area contributed by atoms with Gasteiger partial charge in [0.1, 0.15) is 5.75 Å². The van der Waals surface area contributed by atoms with Gasteiger partial charge in [-0.05, 0) is 94.4 Å². The maximum Gasteiger partial charge on any atom is 0.573 e. The van der Waals surface area contributed by atoms with Crippen molar-refractivity contribution in [2.75, 3.05) is 0 Å². The van der Waals surface area contributed by atoms with E-state index in [9.17, 15) is 22.8 Å². The van der Waals surface area contributed by atoms with E-state index in [1.54, 1.807) is 6.07 Å². The van der Waals surface area contributed by atoms with Crippen LogP contribution in [0, 0.1) is 6.92 Å². The Labute approximate surface area is 201 Å². The molecule has 4 rings (SSSR count). The van der Waals surface area contributed by atoms with Crippen LogP contribution in [0.15, 0.2) is 35.2 Å². The number of hydrogen-bond donors (Lipinski definition) is 1. The average molecular weight is 490 g/mol. The summed E-state index contributed by atoms with van der Waals surface area (Å²) in [6.45, 7) is 10.6. The summed E-state index contributed by atoms with van der Waals surface area (Å²) in [4.78, 5) is 23.6. The number of thioether (sulfide) groups is 1. The number of imide groups is 1. The monoisotopic (exact) mass is 489 g/mol. The summed E-state index contributed by atoms with van der Waals surface area (Å²) < 4.78 is 44.1. The number of benzene rings is 2. The third-order valence-corrected chi connectivity index (χ3v) is 7.47. The van der Waals surface area contributed by atoms with Crippen LogP contribution < -0.4 is 10.1 Å². The predicted molar refractivity (Wildman–Crippen MR) is 128 cm³/mol. The van der Waals surface area contributed by atoms with E-state index in [4.69, 9.17) is 0 Å². The summed E-state index contributed by atoms with van der Waals surface area (Å²) in [7, 11) is 0. The second-order valence-corrected chi connectivity index (χ2v) is 11.2. The molecule has 0 bridgehead atoms. The van der Waals surface area contributed by atoms with Gasteiger partial charge in [0.2, 0.25) is 0 Å². The number of halogens is 3. The lowest BCUT2D eigenvalue weighted by atomic mass is 9.62. The van der Waals surface area contributed by atoms with Crippen LogP contribution in [0.2, 0.25) is 0 Å². The van der Waals surface area contributed by atoms with Gasteiger partial charge >= 0.3 is 6.36 Å². The number of nitrogens with one attached hydrogen (secondary N) is 1. The highest BCUT2D eigenvalue weighted by atomic mass is 32.2. The molecule has 0 aromatic heterocycles. The Bertz CT molecular complexity index is 1230. The van der Waals surface area contributed by atoms with E-state index in [2.05, 4.69) is 43.8 Å². The number of aryl methyl sites for hydroxylation is 1. The molecule has 1 aliphatic carbocycles. The molecule has 0 atom stereocenters. The fraction of sp³-hybridized carbons (Fsp3) is 0.385. The Morgan fingerprint density at radius 2 is 1.59 bits per heavy atom. The van der Waals surface area contributed by atoms with Gasteiger partial charge in [-0.15, -0.1) is 13.2 Å². The Balaban J connectivity index is 1.91. The summed E-state index contributed by atoms with van der Waals surface area (Å²) in [6.07, 6.45) is -1.37. The minimum atomic E-state index is -4.86. The third-order valence-electron chi connectivity index (χ3n) is 6.66. The minimum Gasteiger partial charge on any atom is -0.405 e.